The first-order valence-electron chi connectivity index (χ1n) is 8.85. The van der Waals surface area contributed by atoms with Crippen molar-refractivity contribution in [3.8, 4) is 0 Å². The van der Waals surface area contributed by atoms with E-state index in [-0.39, 0.29) is 23.7 Å². The van der Waals surface area contributed by atoms with Crippen LogP contribution in [0.15, 0.2) is 54.6 Å². The van der Waals surface area contributed by atoms with Gasteiger partial charge in [-0.2, -0.15) is 0 Å². The van der Waals surface area contributed by atoms with Crippen molar-refractivity contribution in [3.63, 3.8) is 0 Å². The molecule has 0 radical (unpaired) electrons. The predicted molar refractivity (Wildman–Crippen MR) is 102 cm³/mol. The number of anilines is 1. The van der Waals surface area contributed by atoms with Gasteiger partial charge in [0.15, 0.2) is 0 Å². The SMILES string of the molecule is O=C(/C=C/c1ccc(F)cc1)Nc1ccccc1C(=O)NC[C@@H]1CCCO1. The molecular weight excluding hydrogens is 347 g/mol. The van der Waals surface area contributed by atoms with E-state index >= 15 is 0 Å². The molecule has 0 aromatic heterocycles. The molecule has 1 atom stereocenters. The van der Waals surface area contributed by atoms with E-state index in [0.717, 1.165) is 19.4 Å². The minimum Gasteiger partial charge on any atom is -0.376 e. The Morgan fingerprint density at radius 3 is 2.67 bits per heavy atom. The van der Waals surface area contributed by atoms with Gasteiger partial charge in [0.2, 0.25) is 5.91 Å². The van der Waals surface area contributed by atoms with Gasteiger partial charge in [-0.25, -0.2) is 4.39 Å². The molecule has 5 nitrogen and oxygen atoms in total. The molecule has 1 fully saturated rings. The summed E-state index contributed by atoms with van der Waals surface area (Å²) in [6.07, 6.45) is 4.91. The van der Waals surface area contributed by atoms with E-state index in [1.165, 1.54) is 18.2 Å². The Morgan fingerprint density at radius 1 is 1.15 bits per heavy atom. The molecule has 1 aliphatic heterocycles. The van der Waals surface area contributed by atoms with Crippen LogP contribution in [0.2, 0.25) is 0 Å². The summed E-state index contributed by atoms with van der Waals surface area (Å²) in [4.78, 5) is 24.6. The average molecular weight is 368 g/mol. The largest absolute Gasteiger partial charge is 0.376 e. The van der Waals surface area contributed by atoms with Crippen molar-refractivity contribution >= 4 is 23.6 Å². The number of rotatable bonds is 6. The predicted octanol–water partition coefficient (Wildman–Crippen LogP) is 3.39. The first kappa shape index (κ1) is 18.8. The van der Waals surface area contributed by atoms with Crippen LogP contribution in [0.5, 0.6) is 0 Å². The number of hydrogen-bond acceptors (Lipinski definition) is 3. The Morgan fingerprint density at radius 2 is 1.93 bits per heavy atom. The van der Waals surface area contributed by atoms with Gasteiger partial charge in [0.1, 0.15) is 5.82 Å². The maximum Gasteiger partial charge on any atom is 0.253 e. The molecule has 1 heterocycles. The quantitative estimate of drug-likeness (QED) is 0.768. The summed E-state index contributed by atoms with van der Waals surface area (Å²) in [6, 6.07) is 12.6. The highest BCUT2D eigenvalue weighted by molar-refractivity contribution is 6.07. The fraction of sp³-hybridized carbons (Fsp3) is 0.238. The second kappa shape index (κ2) is 9.09. The van der Waals surface area contributed by atoms with E-state index < -0.39 is 0 Å². The van der Waals surface area contributed by atoms with Gasteiger partial charge in [-0.1, -0.05) is 24.3 Å². The number of carbonyl (C=O) groups excluding carboxylic acids is 2. The van der Waals surface area contributed by atoms with Crippen LogP contribution in [0, 0.1) is 5.82 Å². The maximum atomic E-state index is 12.9. The molecule has 1 aliphatic rings. The summed E-state index contributed by atoms with van der Waals surface area (Å²) in [7, 11) is 0. The molecule has 2 N–H and O–H groups in total. The summed E-state index contributed by atoms with van der Waals surface area (Å²) >= 11 is 0. The van der Waals surface area contributed by atoms with Crippen molar-refractivity contribution in [2.45, 2.75) is 18.9 Å². The molecule has 2 aromatic rings. The van der Waals surface area contributed by atoms with Crippen LogP contribution in [0.3, 0.4) is 0 Å². The first-order chi connectivity index (χ1) is 13.1. The Kier molecular flexibility index (Phi) is 6.33. The van der Waals surface area contributed by atoms with Gasteiger partial charge in [-0.3, -0.25) is 9.59 Å². The highest BCUT2D eigenvalue weighted by Gasteiger charge is 2.18. The van der Waals surface area contributed by atoms with E-state index in [4.69, 9.17) is 4.74 Å². The maximum absolute atomic E-state index is 12.9. The molecule has 0 aliphatic carbocycles. The van der Waals surface area contributed by atoms with E-state index in [1.807, 2.05) is 0 Å². The van der Waals surface area contributed by atoms with E-state index in [1.54, 1.807) is 42.5 Å². The molecule has 2 amide bonds. The summed E-state index contributed by atoms with van der Waals surface area (Å²) in [5, 5.41) is 5.56. The summed E-state index contributed by atoms with van der Waals surface area (Å²) in [5.41, 5.74) is 1.52. The third-order valence-corrected chi connectivity index (χ3v) is 4.24. The van der Waals surface area contributed by atoms with E-state index in [0.29, 0.717) is 23.4 Å². The second-order valence-electron chi connectivity index (χ2n) is 6.26. The molecule has 0 saturated carbocycles. The second-order valence-corrected chi connectivity index (χ2v) is 6.26. The van der Waals surface area contributed by atoms with Crippen LogP contribution in [-0.4, -0.2) is 31.1 Å². The van der Waals surface area contributed by atoms with Gasteiger partial charge in [0.25, 0.3) is 5.91 Å². The molecule has 0 bridgehead atoms. The molecular formula is C21H21FN2O3. The third kappa shape index (κ3) is 5.49. The number of para-hydroxylation sites is 1. The number of amides is 2. The van der Waals surface area contributed by atoms with Crippen LogP contribution >= 0.6 is 0 Å². The monoisotopic (exact) mass is 368 g/mol. The Bertz CT molecular complexity index is 828. The van der Waals surface area contributed by atoms with Crippen molar-refractivity contribution in [1.29, 1.82) is 0 Å². The van der Waals surface area contributed by atoms with Crippen LogP contribution in [-0.2, 0) is 9.53 Å². The number of carbonyl (C=O) groups is 2. The van der Waals surface area contributed by atoms with Crippen LogP contribution in [0.1, 0.15) is 28.8 Å². The molecule has 0 spiro atoms. The zero-order chi connectivity index (χ0) is 19.1. The topological polar surface area (TPSA) is 67.4 Å². The minimum absolute atomic E-state index is 0.0503. The molecule has 1 saturated heterocycles. The van der Waals surface area contributed by atoms with E-state index in [2.05, 4.69) is 10.6 Å². The smallest absolute Gasteiger partial charge is 0.253 e. The number of benzene rings is 2. The van der Waals surface area contributed by atoms with Gasteiger partial charge in [0, 0.05) is 19.2 Å². The van der Waals surface area contributed by atoms with Crippen LogP contribution in [0.25, 0.3) is 6.08 Å². The van der Waals surface area contributed by atoms with Crippen molar-refractivity contribution in [3.05, 3.63) is 71.6 Å². The first-order valence-corrected chi connectivity index (χ1v) is 8.85. The lowest BCUT2D eigenvalue weighted by atomic mass is 10.1. The van der Waals surface area contributed by atoms with Gasteiger partial charge >= 0.3 is 0 Å². The fourth-order valence-corrected chi connectivity index (χ4v) is 2.82. The lowest BCUT2D eigenvalue weighted by molar-refractivity contribution is -0.111. The Hall–Kier alpha value is -2.99. The molecule has 2 aromatic carbocycles. The fourth-order valence-electron chi connectivity index (χ4n) is 2.82. The highest BCUT2D eigenvalue weighted by Crippen LogP contribution is 2.16. The zero-order valence-electron chi connectivity index (χ0n) is 14.8. The van der Waals surface area contributed by atoms with E-state index in [9.17, 15) is 14.0 Å². The standard InChI is InChI=1S/C21H21FN2O3/c22-16-10-7-15(8-11-16)9-12-20(25)24-19-6-2-1-5-18(19)21(26)23-14-17-4-3-13-27-17/h1-2,5-12,17H,3-4,13-14H2,(H,23,26)(H,24,25)/b12-9+/t17-/m0/s1. The van der Waals surface area contributed by atoms with Crippen LogP contribution in [0.4, 0.5) is 10.1 Å². The Balaban J connectivity index is 1.61. The van der Waals surface area contributed by atoms with Gasteiger partial charge in [-0.15, -0.1) is 0 Å². The number of nitrogens with one attached hydrogen (secondary N) is 2. The normalized spacial score (nSPS) is 16.4. The Labute approximate surface area is 157 Å². The van der Waals surface area contributed by atoms with Gasteiger partial charge in [0.05, 0.1) is 17.4 Å². The summed E-state index contributed by atoms with van der Waals surface area (Å²) in [5.74, 6) is -0.970. The van der Waals surface area contributed by atoms with Crippen molar-refractivity contribution in [2.24, 2.45) is 0 Å². The van der Waals surface area contributed by atoms with Crippen molar-refractivity contribution in [2.75, 3.05) is 18.5 Å². The molecule has 3 rings (SSSR count). The third-order valence-electron chi connectivity index (χ3n) is 4.24. The van der Waals surface area contributed by atoms with Crippen molar-refractivity contribution < 1.29 is 18.7 Å². The highest BCUT2D eigenvalue weighted by atomic mass is 19.1. The van der Waals surface area contributed by atoms with Crippen molar-refractivity contribution in [1.82, 2.24) is 5.32 Å². The zero-order valence-corrected chi connectivity index (χ0v) is 14.8. The summed E-state index contributed by atoms with van der Waals surface area (Å²) in [6.45, 7) is 1.18. The lowest BCUT2D eigenvalue weighted by Crippen LogP contribution is -2.32. The minimum atomic E-state index is -0.376. The molecule has 0 unspecified atom stereocenters. The lowest BCUT2D eigenvalue weighted by Gasteiger charge is -2.13. The molecule has 6 heteroatoms. The average Bonchev–Trinajstić information content (AvgIpc) is 3.20. The summed E-state index contributed by atoms with van der Waals surface area (Å²) < 4.78 is 18.4. The number of ether oxygens (including phenoxy) is 1. The van der Waals surface area contributed by atoms with Gasteiger partial charge in [-0.05, 0) is 48.7 Å². The number of hydrogen-bond donors (Lipinski definition) is 2. The van der Waals surface area contributed by atoms with Crippen LogP contribution < -0.4 is 10.6 Å². The van der Waals surface area contributed by atoms with Gasteiger partial charge < -0.3 is 15.4 Å². The molecule has 140 valence electrons. The molecule has 27 heavy (non-hydrogen) atoms. The number of halogens is 1.